The van der Waals surface area contributed by atoms with Crippen molar-refractivity contribution in [2.75, 3.05) is 6.61 Å². The van der Waals surface area contributed by atoms with Crippen LogP contribution in [0.15, 0.2) is 42.5 Å². The summed E-state index contributed by atoms with van der Waals surface area (Å²) >= 11 is 0. The van der Waals surface area contributed by atoms with Gasteiger partial charge in [0.2, 0.25) is 0 Å². The van der Waals surface area contributed by atoms with Crippen LogP contribution >= 0.6 is 0 Å². The Morgan fingerprint density at radius 2 is 1.62 bits per heavy atom. The Morgan fingerprint density at radius 1 is 0.846 bits per heavy atom. The van der Waals surface area contributed by atoms with Crippen LogP contribution in [0.5, 0.6) is 5.75 Å². The third-order valence-corrected chi connectivity index (χ3v) is 5.71. The van der Waals surface area contributed by atoms with E-state index in [-0.39, 0.29) is 0 Å². The molecule has 0 N–H and O–H groups in total. The summed E-state index contributed by atoms with van der Waals surface area (Å²) in [6.07, 6.45) is 11.6. The summed E-state index contributed by atoms with van der Waals surface area (Å²) in [6.45, 7) is 5.34. The minimum Gasteiger partial charge on any atom is -0.494 e. The molecule has 1 atom stereocenters. The van der Waals surface area contributed by atoms with Crippen molar-refractivity contribution < 1.29 is 4.74 Å². The Hall–Kier alpha value is -1.76. The quantitative estimate of drug-likeness (QED) is 0.434. The van der Waals surface area contributed by atoms with Crippen LogP contribution in [0, 0.1) is 5.92 Å². The monoisotopic (exact) mass is 350 g/mol. The molecular formula is C25H34O. The van der Waals surface area contributed by atoms with E-state index in [9.17, 15) is 0 Å². The molecule has 0 heterocycles. The van der Waals surface area contributed by atoms with Crippen molar-refractivity contribution in [1.82, 2.24) is 0 Å². The molecule has 0 amide bonds. The molecule has 1 aliphatic carbocycles. The van der Waals surface area contributed by atoms with Gasteiger partial charge in [0.15, 0.2) is 0 Å². The zero-order valence-electron chi connectivity index (χ0n) is 16.6. The molecule has 1 nitrogen and oxygen atoms in total. The summed E-state index contributed by atoms with van der Waals surface area (Å²) in [5.41, 5.74) is 5.78. The minimum absolute atomic E-state index is 0.825. The van der Waals surface area contributed by atoms with E-state index in [1.54, 1.807) is 11.1 Å². The lowest BCUT2D eigenvalue weighted by atomic mass is 9.80. The maximum Gasteiger partial charge on any atom is 0.119 e. The average Bonchev–Trinajstić information content (AvgIpc) is 2.69. The first-order chi connectivity index (χ1) is 12.8. The number of fused-ring (bicyclic) bond motifs is 1. The number of aryl methyl sites for hydroxylation is 1. The standard InChI is InChI=1S/C25H34O/c1-3-5-7-17-26-25-15-13-21(14-16-25)23-12-11-22-18-20(8-6-4-2)9-10-24(22)19-23/h11-16,19-20H,3-10,17-18H2,1-2H3. The highest BCUT2D eigenvalue weighted by molar-refractivity contribution is 5.65. The lowest BCUT2D eigenvalue weighted by molar-refractivity contribution is 0.306. The van der Waals surface area contributed by atoms with E-state index in [0.29, 0.717) is 0 Å². The SMILES string of the molecule is CCCCCOc1ccc(-c2ccc3c(c2)CCC(CCCC)C3)cc1. The highest BCUT2D eigenvalue weighted by Crippen LogP contribution is 2.32. The van der Waals surface area contributed by atoms with E-state index in [0.717, 1.165) is 24.7 Å². The summed E-state index contributed by atoms with van der Waals surface area (Å²) in [7, 11) is 0. The fraction of sp³-hybridized carbons (Fsp3) is 0.520. The molecule has 0 radical (unpaired) electrons. The Kier molecular flexibility index (Phi) is 7.17. The molecule has 26 heavy (non-hydrogen) atoms. The van der Waals surface area contributed by atoms with Crippen LogP contribution in [-0.4, -0.2) is 6.61 Å². The summed E-state index contributed by atoms with van der Waals surface area (Å²) in [6, 6.07) is 15.7. The molecule has 2 aromatic rings. The lowest BCUT2D eigenvalue weighted by Gasteiger charge is -2.25. The molecule has 0 spiro atoms. The maximum atomic E-state index is 5.83. The molecule has 1 aliphatic rings. The first-order valence-corrected chi connectivity index (χ1v) is 10.6. The molecule has 0 saturated carbocycles. The van der Waals surface area contributed by atoms with Gasteiger partial charge in [0.1, 0.15) is 5.75 Å². The predicted octanol–water partition coefficient (Wildman–Crippen LogP) is 7.22. The largest absolute Gasteiger partial charge is 0.494 e. The number of benzene rings is 2. The number of hydrogen-bond donors (Lipinski definition) is 0. The molecule has 1 unspecified atom stereocenters. The van der Waals surface area contributed by atoms with Gasteiger partial charge >= 0.3 is 0 Å². The molecule has 0 aromatic heterocycles. The van der Waals surface area contributed by atoms with Crippen molar-refractivity contribution in [3.63, 3.8) is 0 Å². The van der Waals surface area contributed by atoms with Gasteiger partial charge in [0, 0.05) is 0 Å². The summed E-state index contributed by atoms with van der Waals surface area (Å²) < 4.78 is 5.83. The molecule has 2 aromatic carbocycles. The molecule has 0 bridgehead atoms. The van der Waals surface area contributed by atoms with Gasteiger partial charge in [-0.3, -0.25) is 0 Å². The highest BCUT2D eigenvalue weighted by atomic mass is 16.5. The van der Waals surface area contributed by atoms with Crippen molar-refractivity contribution in [3.05, 3.63) is 53.6 Å². The zero-order chi connectivity index (χ0) is 18.2. The minimum atomic E-state index is 0.825. The topological polar surface area (TPSA) is 9.23 Å². The van der Waals surface area contributed by atoms with Crippen LogP contribution < -0.4 is 4.74 Å². The predicted molar refractivity (Wildman–Crippen MR) is 112 cm³/mol. The Labute approximate surface area is 159 Å². The fourth-order valence-electron chi connectivity index (χ4n) is 4.03. The first-order valence-electron chi connectivity index (χ1n) is 10.6. The fourth-order valence-corrected chi connectivity index (χ4v) is 4.03. The van der Waals surface area contributed by atoms with Gasteiger partial charge in [-0.2, -0.15) is 0 Å². The number of unbranched alkanes of at least 4 members (excludes halogenated alkanes) is 3. The molecule has 3 rings (SSSR count). The van der Waals surface area contributed by atoms with Gasteiger partial charge in [0.05, 0.1) is 6.61 Å². The van der Waals surface area contributed by atoms with Crippen molar-refractivity contribution in [3.8, 4) is 16.9 Å². The van der Waals surface area contributed by atoms with E-state index < -0.39 is 0 Å². The molecule has 140 valence electrons. The normalized spacial score (nSPS) is 16.3. The smallest absolute Gasteiger partial charge is 0.119 e. The second kappa shape index (κ2) is 9.80. The molecule has 0 fully saturated rings. The Bertz CT molecular complexity index is 671. The first kappa shape index (κ1) is 19.0. The average molecular weight is 351 g/mol. The van der Waals surface area contributed by atoms with Gasteiger partial charge in [-0.15, -0.1) is 0 Å². The number of ether oxygens (including phenoxy) is 1. The van der Waals surface area contributed by atoms with E-state index in [4.69, 9.17) is 4.74 Å². The van der Waals surface area contributed by atoms with Gasteiger partial charge in [-0.25, -0.2) is 0 Å². The second-order valence-corrected chi connectivity index (χ2v) is 7.81. The van der Waals surface area contributed by atoms with Crippen molar-refractivity contribution in [2.24, 2.45) is 5.92 Å². The zero-order valence-corrected chi connectivity index (χ0v) is 16.6. The van der Waals surface area contributed by atoms with Gasteiger partial charge in [-0.1, -0.05) is 76.3 Å². The maximum absolute atomic E-state index is 5.83. The van der Waals surface area contributed by atoms with E-state index in [1.165, 1.54) is 62.5 Å². The number of hydrogen-bond acceptors (Lipinski definition) is 1. The summed E-state index contributed by atoms with van der Waals surface area (Å²) in [5, 5.41) is 0. The second-order valence-electron chi connectivity index (χ2n) is 7.81. The summed E-state index contributed by atoms with van der Waals surface area (Å²) in [5.74, 6) is 1.89. The molecular weight excluding hydrogens is 316 g/mol. The summed E-state index contributed by atoms with van der Waals surface area (Å²) in [4.78, 5) is 0. The lowest BCUT2D eigenvalue weighted by Crippen LogP contribution is -2.14. The van der Waals surface area contributed by atoms with Crippen molar-refractivity contribution in [2.45, 2.75) is 71.6 Å². The highest BCUT2D eigenvalue weighted by Gasteiger charge is 2.18. The van der Waals surface area contributed by atoms with E-state index in [2.05, 4.69) is 56.3 Å². The third-order valence-electron chi connectivity index (χ3n) is 5.71. The Balaban J connectivity index is 1.62. The molecule has 1 heteroatoms. The Morgan fingerprint density at radius 3 is 2.38 bits per heavy atom. The van der Waals surface area contributed by atoms with Crippen molar-refractivity contribution in [1.29, 1.82) is 0 Å². The number of rotatable bonds is 9. The van der Waals surface area contributed by atoms with Crippen molar-refractivity contribution >= 4 is 0 Å². The molecule has 0 saturated heterocycles. The van der Waals surface area contributed by atoms with E-state index >= 15 is 0 Å². The van der Waals surface area contributed by atoms with Gasteiger partial charge < -0.3 is 4.74 Å². The third kappa shape index (κ3) is 5.13. The van der Waals surface area contributed by atoms with E-state index in [1.807, 2.05) is 0 Å². The van der Waals surface area contributed by atoms with Gasteiger partial charge in [-0.05, 0) is 66.0 Å². The van der Waals surface area contributed by atoms with Crippen LogP contribution in [0.3, 0.4) is 0 Å². The van der Waals surface area contributed by atoms with Crippen LogP contribution in [0.1, 0.15) is 69.9 Å². The molecule has 0 aliphatic heterocycles. The van der Waals surface area contributed by atoms with Crippen LogP contribution in [0.4, 0.5) is 0 Å². The van der Waals surface area contributed by atoms with Crippen LogP contribution in [-0.2, 0) is 12.8 Å². The van der Waals surface area contributed by atoms with Crippen LogP contribution in [0.25, 0.3) is 11.1 Å². The van der Waals surface area contributed by atoms with Crippen LogP contribution in [0.2, 0.25) is 0 Å². The van der Waals surface area contributed by atoms with Gasteiger partial charge in [0.25, 0.3) is 0 Å².